The largest absolute Gasteiger partial charge is 0.399 e. The first-order chi connectivity index (χ1) is 10.8. The van der Waals surface area contributed by atoms with Crippen LogP contribution in [0.5, 0.6) is 0 Å². The van der Waals surface area contributed by atoms with E-state index < -0.39 is 0 Å². The van der Waals surface area contributed by atoms with Crippen LogP contribution in [0.1, 0.15) is 84.0 Å². The molecule has 0 aliphatic heterocycles. The Balaban J connectivity index is 1.79. The lowest BCUT2D eigenvalue weighted by atomic mass is 10.1. The van der Waals surface area contributed by atoms with Crippen LogP contribution in [-0.4, -0.2) is 5.75 Å². The lowest BCUT2D eigenvalue weighted by molar-refractivity contribution is 0.548. The van der Waals surface area contributed by atoms with Crippen molar-refractivity contribution in [3.63, 3.8) is 0 Å². The number of anilines is 1. The number of thioether (sulfide) groups is 1. The molecular formula is C20H35NS. The molecule has 1 rings (SSSR count). The molecule has 0 fully saturated rings. The summed E-state index contributed by atoms with van der Waals surface area (Å²) in [6.07, 6.45) is 17.1. The van der Waals surface area contributed by atoms with Gasteiger partial charge >= 0.3 is 0 Å². The molecule has 0 radical (unpaired) electrons. The summed E-state index contributed by atoms with van der Waals surface area (Å²) < 4.78 is 0. The summed E-state index contributed by atoms with van der Waals surface area (Å²) in [6.45, 7) is 2.29. The lowest BCUT2D eigenvalue weighted by Gasteiger charge is -2.04. The summed E-state index contributed by atoms with van der Waals surface area (Å²) >= 11 is 1.95. The maximum absolute atomic E-state index is 5.69. The number of hydrogen-bond donors (Lipinski definition) is 1. The first-order valence-electron chi connectivity index (χ1n) is 9.31. The van der Waals surface area contributed by atoms with Gasteiger partial charge in [0, 0.05) is 10.6 Å². The molecule has 2 N–H and O–H groups in total. The molecule has 0 aliphatic rings. The molecule has 2 heteroatoms. The van der Waals surface area contributed by atoms with Gasteiger partial charge in [0.2, 0.25) is 0 Å². The molecule has 1 aromatic carbocycles. The van der Waals surface area contributed by atoms with Crippen molar-refractivity contribution < 1.29 is 0 Å². The van der Waals surface area contributed by atoms with Crippen LogP contribution >= 0.6 is 11.8 Å². The number of nitrogens with two attached hydrogens (primary N) is 1. The van der Waals surface area contributed by atoms with Gasteiger partial charge in [0.05, 0.1) is 0 Å². The minimum Gasteiger partial charge on any atom is -0.399 e. The maximum atomic E-state index is 5.69. The topological polar surface area (TPSA) is 26.0 Å². The van der Waals surface area contributed by atoms with Gasteiger partial charge in [-0.25, -0.2) is 0 Å². The zero-order valence-electron chi connectivity index (χ0n) is 14.5. The van der Waals surface area contributed by atoms with Crippen molar-refractivity contribution in [2.45, 2.75) is 88.9 Å². The van der Waals surface area contributed by atoms with Crippen molar-refractivity contribution in [1.82, 2.24) is 0 Å². The molecule has 0 aliphatic carbocycles. The number of nitrogen functional groups attached to an aromatic ring is 1. The summed E-state index contributed by atoms with van der Waals surface area (Å²) in [5, 5.41) is 0. The van der Waals surface area contributed by atoms with Gasteiger partial charge in [-0.15, -0.1) is 11.8 Å². The molecular weight excluding hydrogens is 286 g/mol. The average Bonchev–Trinajstić information content (AvgIpc) is 2.53. The Bertz CT molecular complexity index is 347. The highest BCUT2D eigenvalue weighted by Gasteiger charge is 1.96. The van der Waals surface area contributed by atoms with Gasteiger partial charge in [-0.05, 0) is 36.4 Å². The first-order valence-corrected chi connectivity index (χ1v) is 10.3. The average molecular weight is 322 g/mol. The van der Waals surface area contributed by atoms with Crippen LogP contribution in [-0.2, 0) is 0 Å². The van der Waals surface area contributed by atoms with Crippen LogP contribution in [0.3, 0.4) is 0 Å². The van der Waals surface area contributed by atoms with E-state index in [4.69, 9.17) is 5.73 Å². The Morgan fingerprint density at radius 3 is 1.64 bits per heavy atom. The monoisotopic (exact) mass is 321 g/mol. The molecule has 0 amide bonds. The Morgan fingerprint density at radius 1 is 0.682 bits per heavy atom. The lowest BCUT2D eigenvalue weighted by Crippen LogP contribution is -1.85. The fraction of sp³-hybridized carbons (Fsp3) is 0.700. The third-order valence-corrected chi connectivity index (χ3v) is 5.25. The summed E-state index contributed by atoms with van der Waals surface area (Å²) in [5.41, 5.74) is 6.55. The molecule has 0 bridgehead atoms. The van der Waals surface area contributed by atoms with Crippen molar-refractivity contribution in [2.75, 3.05) is 11.5 Å². The maximum Gasteiger partial charge on any atom is 0.0314 e. The molecule has 22 heavy (non-hydrogen) atoms. The molecule has 0 atom stereocenters. The van der Waals surface area contributed by atoms with Gasteiger partial charge in [-0.3, -0.25) is 0 Å². The van der Waals surface area contributed by atoms with Gasteiger partial charge in [0.15, 0.2) is 0 Å². The summed E-state index contributed by atoms with van der Waals surface area (Å²) in [7, 11) is 0. The number of unbranched alkanes of at least 4 members (excludes halogenated alkanes) is 11. The second kappa shape index (κ2) is 14.0. The summed E-state index contributed by atoms with van der Waals surface area (Å²) in [5.74, 6) is 1.24. The van der Waals surface area contributed by atoms with Crippen LogP contribution in [0.4, 0.5) is 5.69 Å². The minimum atomic E-state index is 0.856. The van der Waals surface area contributed by atoms with Gasteiger partial charge < -0.3 is 5.73 Å². The van der Waals surface area contributed by atoms with Gasteiger partial charge in [-0.1, -0.05) is 77.6 Å². The van der Waals surface area contributed by atoms with E-state index in [1.165, 1.54) is 87.7 Å². The smallest absolute Gasteiger partial charge is 0.0314 e. The molecule has 1 nitrogen and oxygen atoms in total. The summed E-state index contributed by atoms with van der Waals surface area (Å²) in [4.78, 5) is 1.34. The van der Waals surface area contributed by atoms with Crippen molar-refractivity contribution in [1.29, 1.82) is 0 Å². The fourth-order valence-electron chi connectivity index (χ4n) is 2.70. The van der Waals surface area contributed by atoms with Gasteiger partial charge in [-0.2, -0.15) is 0 Å². The molecule has 0 heterocycles. The third kappa shape index (κ3) is 11.0. The van der Waals surface area contributed by atoms with E-state index in [0.29, 0.717) is 0 Å². The van der Waals surface area contributed by atoms with E-state index in [1.54, 1.807) is 0 Å². The third-order valence-electron chi connectivity index (χ3n) is 4.15. The molecule has 0 spiro atoms. The Labute approximate surface area is 142 Å². The van der Waals surface area contributed by atoms with Gasteiger partial charge in [0.1, 0.15) is 0 Å². The van der Waals surface area contributed by atoms with Crippen molar-refractivity contribution in [3.05, 3.63) is 24.3 Å². The molecule has 0 unspecified atom stereocenters. The van der Waals surface area contributed by atoms with Crippen LogP contribution in [0, 0.1) is 0 Å². The number of rotatable bonds is 14. The highest BCUT2D eigenvalue weighted by Crippen LogP contribution is 2.21. The van der Waals surface area contributed by atoms with E-state index in [2.05, 4.69) is 19.1 Å². The molecule has 0 saturated heterocycles. The molecule has 1 aromatic rings. The highest BCUT2D eigenvalue weighted by molar-refractivity contribution is 7.99. The predicted octanol–water partition coefficient (Wildman–Crippen LogP) is 7.06. The zero-order valence-corrected chi connectivity index (χ0v) is 15.3. The van der Waals surface area contributed by atoms with Crippen LogP contribution < -0.4 is 5.73 Å². The van der Waals surface area contributed by atoms with Crippen LogP contribution in [0.15, 0.2) is 29.2 Å². The van der Waals surface area contributed by atoms with E-state index >= 15 is 0 Å². The highest BCUT2D eigenvalue weighted by atomic mass is 32.2. The van der Waals surface area contributed by atoms with Crippen molar-refractivity contribution in [3.8, 4) is 0 Å². The van der Waals surface area contributed by atoms with Crippen LogP contribution in [0.2, 0.25) is 0 Å². The molecule has 0 aromatic heterocycles. The van der Waals surface area contributed by atoms with Crippen molar-refractivity contribution in [2.24, 2.45) is 0 Å². The SMILES string of the molecule is CCCCCCCCCCCCCCSc1ccc(N)cc1. The molecule has 0 saturated carbocycles. The predicted molar refractivity (Wildman–Crippen MR) is 103 cm³/mol. The van der Waals surface area contributed by atoms with E-state index in [0.717, 1.165) is 5.69 Å². The Kier molecular flexibility index (Phi) is 12.4. The van der Waals surface area contributed by atoms with E-state index in [9.17, 15) is 0 Å². The number of benzene rings is 1. The van der Waals surface area contributed by atoms with Gasteiger partial charge in [0.25, 0.3) is 0 Å². The first kappa shape index (κ1) is 19.4. The second-order valence-electron chi connectivity index (χ2n) is 6.31. The zero-order chi connectivity index (χ0) is 15.9. The quantitative estimate of drug-likeness (QED) is 0.225. The van der Waals surface area contributed by atoms with Crippen LogP contribution in [0.25, 0.3) is 0 Å². The minimum absolute atomic E-state index is 0.856. The Morgan fingerprint density at radius 2 is 1.14 bits per heavy atom. The molecule has 126 valence electrons. The normalized spacial score (nSPS) is 11.0. The Hall–Kier alpha value is -0.630. The van der Waals surface area contributed by atoms with E-state index in [-0.39, 0.29) is 0 Å². The van der Waals surface area contributed by atoms with Crippen molar-refractivity contribution >= 4 is 17.4 Å². The number of hydrogen-bond acceptors (Lipinski definition) is 2. The second-order valence-corrected chi connectivity index (χ2v) is 7.47. The fourth-order valence-corrected chi connectivity index (χ4v) is 3.61. The van der Waals surface area contributed by atoms with E-state index in [1.807, 2.05) is 23.9 Å². The summed E-state index contributed by atoms with van der Waals surface area (Å²) in [6, 6.07) is 8.23. The standard InChI is InChI=1S/C20H35NS/c1-2-3-4-5-6-7-8-9-10-11-12-13-18-22-20-16-14-19(21)15-17-20/h14-17H,2-13,18,21H2,1H3.